The van der Waals surface area contributed by atoms with E-state index in [9.17, 15) is 0 Å². The molecule has 0 amide bonds. The molecule has 0 atom stereocenters. The van der Waals surface area contributed by atoms with Crippen molar-refractivity contribution < 1.29 is 4.74 Å². The number of methoxy groups -OCH3 is 1. The number of nitrogens with one attached hydrogen (secondary N) is 3. The zero-order chi connectivity index (χ0) is 23.4. The van der Waals surface area contributed by atoms with E-state index in [0.29, 0.717) is 17.2 Å². The minimum absolute atomic E-state index is 0.378. The number of rotatable bonds is 6. The van der Waals surface area contributed by atoms with Crippen molar-refractivity contribution in [2.45, 2.75) is 70.4 Å². The van der Waals surface area contributed by atoms with Gasteiger partial charge in [0.2, 0.25) is 5.95 Å². The lowest BCUT2D eigenvalue weighted by molar-refractivity contribution is 0.387. The van der Waals surface area contributed by atoms with Gasteiger partial charge in [-0.15, -0.1) is 0 Å². The largest absolute Gasteiger partial charge is 0.497 e. The highest BCUT2D eigenvalue weighted by Crippen LogP contribution is 2.29. The number of benzene rings is 1. The highest BCUT2D eigenvalue weighted by molar-refractivity contribution is 7.80. The Bertz CT molecular complexity index is 987. The van der Waals surface area contributed by atoms with Gasteiger partial charge in [-0.05, 0) is 94.3 Å². The van der Waals surface area contributed by atoms with E-state index in [1.165, 1.54) is 24.1 Å². The average Bonchev–Trinajstić information content (AvgIpc) is 2.81. The highest BCUT2D eigenvalue weighted by Gasteiger charge is 2.24. The first-order valence-electron chi connectivity index (χ1n) is 12.0. The lowest BCUT2D eigenvalue weighted by Gasteiger charge is -2.31. The van der Waals surface area contributed by atoms with Gasteiger partial charge in [0.25, 0.3) is 0 Å². The second-order valence-corrected chi connectivity index (χ2v) is 9.78. The summed E-state index contributed by atoms with van der Waals surface area (Å²) in [5.41, 5.74) is 4.67. The smallest absolute Gasteiger partial charge is 0.225 e. The van der Waals surface area contributed by atoms with Crippen LogP contribution < -0.4 is 25.6 Å². The standard InChI is InChI=1S/C25H36N6OS/c1-16-15-19(32-4)13-14-21(16)29-25(33)27-18-11-9-17(10-12-18)26-24-28-22-8-6-5-7-20(22)23(30-24)31(2)3/h13-15,17-18H,5-12H2,1-4H3,(H,26,28,30)(H2,27,29,33). The molecule has 4 rings (SSSR count). The summed E-state index contributed by atoms with van der Waals surface area (Å²) in [5.74, 6) is 2.70. The predicted octanol–water partition coefficient (Wildman–Crippen LogP) is 4.45. The number of aromatic nitrogens is 2. The summed E-state index contributed by atoms with van der Waals surface area (Å²) in [6.45, 7) is 2.05. The maximum Gasteiger partial charge on any atom is 0.225 e. The number of hydrogen-bond acceptors (Lipinski definition) is 6. The van der Waals surface area contributed by atoms with Crippen LogP contribution in [0.2, 0.25) is 0 Å². The van der Waals surface area contributed by atoms with Crippen LogP contribution >= 0.6 is 12.2 Å². The van der Waals surface area contributed by atoms with Crippen molar-refractivity contribution in [2.75, 3.05) is 36.7 Å². The second kappa shape index (κ2) is 10.5. The van der Waals surface area contributed by atoms with Gasteiger partial charge in [-0.2, -0.15) is 4.98 Å². The van der Waals surface area contributed by atoms with Crippen molar-refractivity contribution in [1.82, 2.24) is 15.3 Å². The summed E-state index contributed by atoms with van der Waals surface area (Å²) in [5, 5.41) is 11.1. The van der Waals surface area contributed by atoms with Crippen LogP contribution in [0.15, 0.2) is 18.2 Å². The van der Waals surface area contributed by atoms with Crippen LogP contribution in [0.25, 0.3) is 0 Å². The first-order valence-corrected chi connectivity index (χ1v) is 12.4. The lowest BCUT2D eigenvalue weighted by atomic mass is 9.91. The Morgan fingerprint density at radius 3 is 2.48 bits per heavy atom. The average molecular weight is 469 g/mol. The number of nitrogens with zero attached hydrogens (tertiary/aromatic N) is 3. The molecule has 0 bridgehead atoms. The van der Waals surface area contributed by atoms with Gasteiger partial charge in [-0.25, -0.2) is 4.98 Å². The van der Waals surface area contributed by atoms with Crippen LogP contribution in [0.3, 0.4) is 0 Å². The maximum atomic E-state index is 5.57. The van der Waals surface area contributed by atoms with Gasteiger partial charge in [-0.1, -0.05) is 0 Å². The molecule has 2 aliphatic rings. The van der Waals surface area contributed by atoms with E-state index in [1.54, 1.807) is 7.11 Å². The molecule has 7 nitrogen and oxygen atoms in total. The highest BCUT2D eigenvalue weighted by atomic mass is 32.1. The Kier molecular flexibility index (Phi) is 7.53. The molecule has 0 saturated heterocycles. The van der Waals surface area contributed by atoms with Crippen molar-refractivity contribution in [1.29, 1.82) is 0 Å². The number of anilines is 3. The maximum absolute atomic E-state index is 5.57. The molecule has 2 aliphatic carbocycles. The predicted molar refractivity (Wildman–Crippen MR) is 140 cm³/mol. The molecule has 1 aromatic heterocycles. The minimum atomic E-state index is 0.378. The van der Waals surface area contributed by atoms with E-state index in [0.717, 1.165) is 67.3 Å². The fraction of sp³-hybridized carbons (Fsp3) is 0.560. The third-order valence-corrected chi connectivity index (χ3v) is 6.88. The second-order valence-electron chi connectivity index (χ2n) is 9.37. The SMILES string of the molecule is COc1ccc(NC(=S)NC2CCC(Nc3nc4c(c(N(C)C)n3)CCCC4)CC2)c(C)c1. The third kappa shape index (κ3) is 5.85. The number of hydrogen-bond donors (Lipinski definition) is 3. The molecule has 1 heterocycles. The van der Waals surface area contributed by atoms with Gasteiger partial charge < -0.3 is 25.6 Å². The summed E-state index contributed by atoms with van der Waals surface area (Å²) in [7, 11) is 5.82. The Morgan fingerprint density at radius 2 is 1.79 bits per heavy atom. The number of aryl methyl sites for hydroxylation is 2. The molecule has 8 heteroatoms. The normalized spacial score (nSPS) is 19.9. The molecule has 3 N–H and O–H groups in total. The summed E-state index contributed by atoms with van der Waals surface area (Å²) >= 11 is 5.57. The van der Waals surface area contributed by atoms with E-state index in [2.05, 4.69) is 41.9 Å². The quantitative estimate of drug-likeness (QED) is 0.537. The molecule has 1 fully saturated rings. The van der Waals surface area contributed by atoms with Gasteiger partial charge in [0.15, 0.2) is 5.11 Å². The van der Waals surface area contributed by atoms with Gasteiger partial charge >= 0.3 is 0 Å². The molecule has 33 heavy (non-hydrogen) atoms. The fourth-order valence-electron chi connectivity index (χ4n) is 4.82. The Morgan fingerprint density at radius 1 is 1.06 bits per heavy atom. The van der Waals surface area contributed by atoms with Crippen LogP contribution in [0.5, 0.6) is 5.75 Å². The number of ether oxygens (including phenoxy) is 1. The van der Waals surface area contributed by atoms with E-state index >= 15 is 0 Å². The lowest BCUT2D eigenvalue weighted by Crippen LogP contribution is -2.42. The topological polar surface area (TPSA) is 74.3 Å². The van der Waals surface area contributed by atoms with Gasteiger partial charge in [0.1, 0.15) is 11.6 Å². The molecule has 0 aliphatic heterocycles. The molecule has 2 aromatic rings. The van der Waals surface area contributed by atoms with Gasteiger partial charge in [-0.3, -0.25) is 0 Å². The molecule has 1 aromatic carbocycles. The van der Waals surface area contributed by atoms with E-state index in [-0.39, 0.29) is 0 Å². The van der Waals surface area contributed by atoms with Crippen molar-refractivity contribution >= 4 is 34.8 Å². The van der Waals surface area contributed by atoms with Crippen molar-refractivity contribution in [3.63, 3.8) is 0 Å². The van der Waals surface area contributed by atoms with Gasteiger partial charge in [0, 0.05) is 37.4 Å². The summed E-state index contributed by atoms with van der Waals surface area (Å²) in [6.07, 6.45) is 8.86. The van der Waals surface area contributed by atoms with Crippen molar-refractivity contribution in [3.8, 4) is 5.75 Å². The van der Waals surface area contributed by atoms with Crippen LogP contribution in [-0.4, -0.2) is 48.4 Å². The Labute approximate surface area is 202 Å². The molecular formula is C25H36N6OS. The molecule has 0 unspecified atom stereocenters. The molecule has 178 valence electrons. The number of fused-ring (bicyclic) bond motifs is 1. The van der Waals surface area contributed by atoms with E-state index in [1.807, 2.05) is 18.2 Å². The zero-order valence-electron chi connectivity index (χ0n) is 20.2. The van der Waals surface area contributed by atoms with E-state index < -0.39 is 0 Å². The van der Waals surface area contributed by atoms with Crippen LogP contribution in [0.1, 0.15) is 55.3 Å². The van der Waals surface area contributed by atoms with Crippen LogP contribution in [0.4, 0.5) is 17.5 Å². The van der Waals surface area contributed by atoms with Crippen molar-refractivity contribution in [2.24, 2.45) is 0 Å². The minimum Gasteiger partial charge on any atom is -0.497 e. The molecule has 0 spiro atoms. The molecule has 1 saturated carbocycles. The summed E-state index contributed by atoms with van der Waals surface area (Å²) in [6, 6.07) is 6.73. The third-order valence-electron chi connectivity index (χ3n) is 6.66. The van der Waals surface area contributed by atoms with E-state index in [4.69, 9.17) is 26.9 Å². The van der Waals surface area contributed by atoms with Crippen molar-refractivity contribution in [3.05, 3.63) is 35.0 Å². The van der Waals surface area contributed by atoms with Crippen LogP contribution in [0, 0.1) is 6.92 Å². The summed E-state index contributed by atoms with van der Waals surface area (Å²) in [4.78, 5) is 11.9. The Balaban J connectivity index is 1.29. The zero-order valence-corrected chi connectivity index (χ0v) is 21.0. The monoisotopic (exact) mass is 468 g/mol. The molecular weight excluding hydrogens is 432 g/mol. The Hall–Kier alpha value is -2.61. The molecule has 0 radical (unpaired) electrons. The van der Waals surface area contributed by atoms with Crippen LogP contribution in [-0.2, 0) is 12.8 Å². The fourth-order valence-corrected chi connectivity index (χ4v) is 5.10. The summed E-state index contributed by atoms with van der Waals surface area (Å²) < 4.78 is 5.28. The first kappa shape index (κ1) is 23.5. The number of thiocarbonyl (C=S) groups is 1. The first-order chi connectivity index (χ1) is 15.9. The van der Waals surface area contributed by atoms with Gasteiger partial charge in [0.05, 0.1) is 12.8 Å².